The van der Waals surface area contributed by atoms with Crippen molar-refractivity contribution in [2.45, 2.75) is 13.0 Å². The maximum Gasteiger partial charge on any atom is 0.205 e. The van der Waals surface area contributed by atoms with Crippen molar-refractivity contribution in [3.63, 3.8) is 0 Å². The summed E-state index contributed by atoms with van der Waals surface area (Å²) in [6.07, 6.45) is 0. The van der Waals surface area contributed by atoms with Gasteiger partial charge in [-0.1, -0.05) is 85.9 Å². The van der Waals surface area contributed by atoms with E-state index in [0.29, 0.717) is 0 Å². The van der Waals surface area contributed by atoms with Crippen LogP contribution in [0.5, 0.6) is 0 Å². The fourth-order valence-corrected chi connectivity index (χ4v) is 6.14. The summed E-state index contributed by atoms with van der Waals surface area (Å²) in [5.41, 5.74) is 1.07. The van der Waals surface area contributed by atoms with E-state index in [4.69, 9.17) is 12.2 Å². The highest BCUT2D eigenvalue weighted by atomic mass is 32.1. The van der Waals surface area contributed by atoms with Crippen molar-refractivity contribution < 1.29 is 4.57 Å². The first kappa shape index (κ1) is 21.4. The Morgan fingerprint density at radius 1 is 0.828 bits per heavy atom. The van der Waals surface area contributed by atoms with Crippen LogP contribution in [0, 0.1) is 5.92 Å². The maximum absolute atomic E-state index is 14.5. The van der Waals surface area contributed by atoms with Crippen molar-refractivity contribution in [1.29, 1.82) is 0 Å². The Labute approximate surface area is 179 Å². The van der Waals surface area contributed by atoms with E-state index in [0.717, 1.165) is 21.2 Å². The highest BCUT2D eigenvalue weighted by molar-refractivity contribution is 7.80. The van der Waals surface area contributed by atoms with Gasteiger partial charge in [0.05, 0.1) is 4.99 Å². The first-order valence-electron chi connectivity index (χ1n) is 9.68. The van der Waals surface area contributed by atoms with Crippen molar-refractivity contribution in [2.24, 2.45) is 5.92 Å². The summed E-state index contributed by atoms with van der Waals surface area (Å²) >= 11 is 5.70. The van der Waals surface area contributed by atoms with Crippen molar-refractivity contribution in [3.05, 3.63) is 96.6 Å². The lowest BCUT2D eigenvalue weighted by atomic mass is 9.95. The van der Waals surface area contributed by atoms with Gasteiger partial charge in [0.1, 0.15) is 0 Å². The number of benzene rings is 3. The fourth-order valence-electron chi connectivity index (χ4n) is 3.46. The predicted molar refractivity (Wildman–Crippen MR) is 128 cm³/mol. The summed E-state index contributed by atoms with van der Waals surface area (Å²) in [5.74, 6) is -0.0249. The average molecular weight is 423 g/mol. The van der Waals surface area contributed by atoms with Crippen LogP contribution < -0.4 is 15.7 Å². The van der Waals surface area contributed by atoms with Gasteiger partial charge in [-0.2, -0.15) is 0 Å². The first-order valence-corrected chi connectivity index (χ1v) is 11.8. The van der Waals surface area contributed by atoms with E-state index in [-0.39, 0.29) is 12.0 Å². The molecule has 1 N–H and O–H groups in total. The normalized spacial score (nSPS) is 13.5. The average Bonchev–Trinajstić information content (AvgIpc) is 2.78. The van der Waals surface area contributed by atoms with Crippen molar-refractivity contribution >= 4 is 35.1 Å². The van der Waals surface area contributed by atoms with Crippen LogP contribution in [-0.4, -0.2) is 24.0 Å². The minimum Gasteiger partial charge on any atom is -0.372 e. The molecule has 0 bridgehead atoms. The number of thiocarbonyl (C=S) groups is 1. The molecule has 0 fully saturated rings. The van der Waals surface area contributed by atoms with Crippen LogP contribution in [0.25, 0.3) is 0 Å². The van der Waals surface area contributed by atoms with Crippen LogP contribution in [0.3, 0.4) is 0 Å². The van der Waals surface area contributed by atoms with Crippen LogP contribution in [0.1, 0.15) is 18.5 Å². The molecule has 0 aliphatic heterocycles. The standard InChI is InChI=1S/C24H27N2OPS/c1-19(24(29)26(2)3)23(20-13-7-4-8-14-20)25-28(27,21-15-9-5-10-16-21)22-17-11-6-12-18-22/h4-19,23H,1-3H3,(H,25,27)/t19-,23+/m0/s1. The molecule has 150 valence electrons. The Balaban J connectivity index is 2.11. The molecular weight excluding hydrogens is 395 g/mol. The van der Waals surface area contributed by atoms with E-state index in [2.05, 4.69) is 24.1 Å². The van der Waals surface area contributed by atoms with Crippen molar-refractivity contribution in [2.75, 3.05) is 14.1 Å². The molecule has 3 rings (SSSR count). The lowest BCUT2D eigenvalue weighted by molar-refractivity contribution is 0.486. The molecule has 0 saturated carbocycles. The van der Waals surface area contributed by atoms with E-state index in [9.17, 15) is 4.57 Å². The monoisotopic (exact) mass is 422 g/mol. The molecule has 0 aliphatic carbocycles. The Morgan fingerprint density at radius 3 is 1.66 bits per heavy atom. The molecule has 3 nitrogen and oxygen atoms in total. The number of rotatable bonds is 7. The second kappa shape index (κ2) is 9.49. The van der Waals surface area contributed by atoms with Gasteiger partial charge in [-0.15, -0.1) is 0 Å². The summed E-state index contributed by atoms with van der Waals surface area (Å²) in [6.45, 7) is 2.09. The second-order valence-corrected chi connectivity index (χ2v) is 10.2. The Morgan fingerprint density at radius 2 is 1.24 bits per heavy atom. The number of nitrogens with zero attached hydrogens (tertiary/aromatic N) is 1. The quantitative estimate of drug-likeness (QED) is 0.439. The summed E-state index contributed by atoms with van der Waals surface area (Å²) < 4.78 is 14.5. The van der Waals surface area contributed by atoms with Gasteiger partial charge in [-0.25, -0.2) is 0 Å². The first-order chi connectivity index (χ1) is 13.9. The van der Waals surface area contributed by atoms with Crippen molar-refractivity contribution in [3.8, 4) is 0 Å². The van der Waals surface area contributed by atoms with Gasteiger partial charge < -0.3 is 4.90 Å². The smallest absolute Gasteiger partial charge is 0.205 e. The van der Waals surface area contributed by atoms with Crippen molar-refractivity contribution in [1.82, 2.24) is 9.99 Å². The van der Waals surface area contributed by atoms with E-state index in [1.165, 1.54) is 0 Å². The van der Waals surface area contributed by atoms with Gasteiger partial charge in [0.2, 0.25) is 7.29 Å². The van der Waals surface area contributed by atoms with Gasteiger partial charge in [0, 0.05) is 36.7 Å². The largest absolute Gasteiger partial charge is 0.372 e. The highest BCUT2D eigenvalue weighted by Gasteiger charge is 2.34. The molecule has 3 aromatic rings. The third-order valence-electron chi connectivity index (χ3n) is 5.05. The van der Waals surface area contributed by atoms with Crippen LogP contribution in [0.2, 0.25) is 0 Å². The zero-order valence-corrected chi connectivity index (χ0v) is 18.7. The molecule has 0 radical (unpaired) electrons. The van der Waals surface area contributed by atoms with E-state index < -0.39 is 7.29 Å². The summed E-state index contributed by atoms with van der Waals surface area (Å²) in [6, 6.07) is 29.2. The third kappa shape index (κ3) is 4.84. The molecule has 0 spiro atoms. The number of hydrogen-bond acceptors (Lipinski definition) is 2. The van der Waals surface area contributed by atoms with Gasteiger partial charge >= 0.3 is 0 Å². The fraction of sp³-hybridized carbons (Fsp3) is 0.208. The Kier molecular flexibility index (Phi) is 7.02. The predicted octanol–water partition coefficient (Wildman–Crippen LogP) is 4.77. The second-order valence-electron chi connectivity index (χ2n) is 7.32. The molecule has 29 heavy (non-hydrogen) atoms. The molecule has 0 aromatic heterocycles. The molecule has 0 unspecified atom stereocenters. The molecule has 0 amide bonds. The molecule has 0 heterocycles. The van der Waals surface area contributed by atoms with Gasteiger partial charge in [-0.05, 0) is 29.8 Å². The molecule has 2 atom stereocenters. The lowest BCUT2D eigenvalue weighted by Crippen LogP contribution is -2.38. The SMILES string of the molecule is C[C@H](C(=S)N(C)C)[C@@H](NP(=O)(c1ccccc1)c1ccccc1)c1ccccc1. The highest BCUT2D eigenvalue weighted by Crippen LogP contribution is 2.43. The molecule has 0 saturated heterocycles. The van der Waals surface area contributed by atoms with Crippen LogP contribution in [0.4, 0.5) is 0 Å². The van der Waals surface area contributed by atoms with E-state index in [1.54, 1.807) is 0 Å². The Hall–Kier alpha value is -2.26. The van der Waals surface area contributed by atoms with Crippen LogP contribution >= 0.6 is 19.5 Å². The number of hydrogen-bond donors (Lipinski definition) is 1. The zero-order valence-electron chi connectivity index (χ0n) is 17.0. The summed E-state index contributed by atoms with van der Waals surface area (Å²) in [7, 11) is 0.809. The molecular formula is C24H27N2OPS. The lowest BCUT2D eigenvalue weighted by Gasteiger charge is -2.33. The van der Waals surface area contributed by atoms with E-state index >= 15 is 0 Å². The van der Waals surface area contributed by atoms with Crippen LogP contribution in [-0.2, 0) is 4.57 Å². The molecule has 0 aliphatic rings. The minimum atomic E-state index is -3.10. The maximum atomic E-state index is 14.5. The third-order valence-corrected chi connectivity index (χ3v) is 8.48. The summed E-state index contributed by atoms with van der Waals surface area (Å²) in [5, 5.41) is 5.13. The minimum absolute atomic E-state index is 0.0249. The molecule has 3 aromatic carbocycles. The zero-order chi connectivity index (χ0) is 20.9. The Bertz CT molecular complexity index is 934. The van der Waals surface area contributed by atoms with E-state index in [1.807, 2.05) is 97.9 Å². The van der Waals surface area contributed by atoms with Gasteiger partial charge in [0.25, 0.3) is 0 Å². The van der Waals surface area contributed by atoms with Crippen LogP contribution in [0.15, 0.2) is 91.0 Å². The number of nitrogens with one attached hydrogen (secondary N) is 1. The summed E-state index contributed by atoms with van der Waals surface area (Å²) in [4.78, 5) is 2.77. The van der Waals surface area contributed by atoms with Gasteiger partial charge in [-0.3, -0.25) is 9.65 Å². The van der Waals surface area contributed by atoms with Gasteiger partial charge in [0.15, 0.2) is 0 Å². The molecule has 5 heteroatoms. The topological polar surface area (TPSA) is 32.3 Å².